The van der Waals surface area contributed by atoms with Crippen LogP contribution in [0.2, 0.25) is 0 Å². The van der Waals surface area contributed by atoms with Crippen molar-refractivity contribution in [1.29, 1.82) is 0 Å². The van der Waals surface area contributed by atoms with Crippen LogP contribution in [0.1, 0.15) is 87.3 Å². The molecule has 0 spiro atoms. The molecule has 1 atom stereocenters. The molecule has 0 aromatic heterocycles. The van der Waals surface area contributed by atoms with E-state index in [0.717, 1.165) is 41.5 Å². The number of ether oxygens (including phenoxy) is 1. The summed E-state index contributed by atoms with van der Waals surface area (Å²) in [5.74, 6) is 0.290. The Kier molecular flexibility index (Phi) is 7.52. The number of carbonyl (C=O) groups excluding carboxylic acids is 1. The van der Waals surface area contributed by atoms with Crippen LogP contribution >= 0.6 is 0 Å². The second-order valence-corrected chi connectivity index (χ2v) is 8.70. The zero-order valence-electron chi connectivity index (χ0n) is 19.6. The third kappa shape index (κ3) is 4.77. The Morgan fingerprint density at radius 3 is 2.20 bits per heavy atom. The first-order valence-corrected chi connectivity index (χ1v) is 10.9. The Balaban J connectivity index is 2.83. The van der Waals surface area contributed by atoms with E-state index in [1.54, 1.807) is 0 Å². The van der Waals surface area contributed by atoms with Crippen molar-refractivity contribution in [2.45, 2.75) is 79.1 Å². The number of hydrogen-bond acceptors (Lipinski definition) is 3. The Bertz CT molecular complexity index is 938. The number of rotatable bonds is 8. The summed E-state index contributed by atoms with van der Waals surface area (Å²) in [4.78, 5) is 12.2. The third-order valence-corrected chi connectivity index (χ3v) is 6.30. The molecule has 0 aliphatic carbocycles. The predicted molar refractivity (Wildman–Crippen MR) is 125 cm³/mol. The van der Waals surface area contributed by atoms with E-state index >= 15 is 0 Å². The maximum Gasteiger partial charge on any atom is 0.335 e. The Morgan fingerprint density at radius 2 is 1.67 bits per heavy atom. The second kappa shape index (κ2) is 9.51. The molecule has 1 N–H and O–H groups in total. The van der Waals surface area contributed by atoms with Gasteiger partial charge in [-0.1, -0.05) is 72.4 Å². The van der Waals surface area contributed by atoms with Crippen molar-refractivity contribution in [1.82, 2.24) is 0 Å². The van der Waals surface area contributed by atoms with Gasteiger partial charge in [0.05, 0.1) is 0 Å². The molecule has 2 rings (SSSR count). The van der Waals surface area contributed by atoms with E-state index in [9.17, 15) is 9.90 Å². The van der Waals surface area contributed by atoms with Crippen molar-refractivity contribution >= 4 is 5.97 Å². The molecule has 2 aromatic rings. The summed E-state index contributed by atoms with van der Waals surface area (Å²) in [6.45, 7) is 18.3. The maximum absolute atomic E-state index is 12.2. The summed E-state index contributed by atoms with van der Waals surface area (Å²) in [6, 6.07) is 8.35. The van der Waals surface area contributed by atoms with Crippen molar-refractivity contribution in [3.63, 3.8) is 0 Å². The Morgan fingerprint density at radius 1 is 1.10 bits per heavy atom. The summed E-state index contributed by atoms with van der Waals surface area (Å²) in [5.41, 5.74) is 5.86. The lowest BCUT2D eigenvalue weighted by Crippen LogP contribution is -2.20. The van der Waals surface area contributed by atoms with Gasteiger partial charge in [-0.25, -0.2) is 4.79 Å². The van der Waals surface area contributed by atoms with E-state index in [4.69, 9.17) is 4.74 Å². The molecule has 0 bridgehead atoms. The van der Waals surface area contributed by atoms with Crippen molar-refractivity contribution in [2.75, 3.05) is 0 Å². The highest BCUT2D eigenvalue weighted by molar-refractivity contribution is 5.84. The minimum Gasteiger partial charge on any atom is -0.507 e. The number of hydrogen-bond donors (Lipinski definition) is 1. The lowest BCUT2D eigenvalue weighted by atomic mass is 9.77. The minimum atomic E-state index is -0.469. The quantitative estimate of drug-likeness (QED) is 0.298. The predicted octanol–water partition coefficient (Wildman–Crippen LogP) is 6.76. The van der Waals surface area contributed by atoms with Crippen molar-refractivity contribution in [3.8, 4) is 11.5 Å². The first-order chi connectivity index (χ1) is 14.1. The summed E-state index contributed by atoms with van der Waals surface area (Å²) in [6.07, 6.45) is 3.87. The van der Waals surface area contributed by atoms with Gasteiger partial charge in [-0.3, -0.25) is 0 Å². The van der Waals surface area contributed by atoms with Gasteiger partial charge in [0, 0.05) is 28.7 Å². The van der Waals surface area contributed by atoms with Crippen molar-refractivity contribution < 1.29 is 14.6 Å². The van der Waals surface area contributed by atoms with Crippen LogP contribution in [0.15, 0.2) is 36.9 Å². The summed E-state index contributed by atoms with van der Waals surface area (Å²) < 4.78 is 5.84. The van der Waals surface area contributed by atoms with Gasteiger partial charge < -0.3 is 9.84 Å². The van der Waals surface area contributed by atoms with E-state index in [0.29, 0.717) is 11.5 Å². The van der Waals surface area contributed by atoms with Gasteiger partial charge in [-0.05, 0) is 48.3 Å². The average Bonchev–Trinajstić information content (AvgIpc) is 2.74. The summed E-state index contributed by atoms with van der Waals surface area (Å²) >= 11 is 0. The number of phenols is 1. The zero-order chi connectivity index (χ0) is 22.6. The molecule has 0 heterocycles. The van der Waals surface area contributed by atoms with E-state index in [1.165, 1.54) is 17.2 Å². The molecule has 162 valence electrons. The molecule has 0 aliphatic heterocycles. The normalized spacial score (nSPS) is 12.5. The van der Waals surface area contributed by atoms with Crippen LogP contribution < -0.4 is 4.74 Å². The molecular weight excluding hydrogens is 372 g/mol. The SMILES string of the molecule is C=CC(=O)Oc1c(C(C)c2cc(CC)cc(C)c2O)cc(CC)cc1C(C)(C)CC. The van der Waals surface area contributed by atoms with Gasteiger partial charge in [0.25, 0.3) is 0 Å². The van der Waals surface area contributed by atoms with Crippen LogP contribution in [0.5, 0.6) is 11.5 Å². The number of benzene rings is 2. The largest absolute Gasteiger partial charge is 0.507 e. The summed E-state index contributed by atoms with van der Waals surface area (Å²) in [7, 11) is 0. The monoisotopic (exact) mass is 408 g/mol. The molecule has 0 saturated heterocycles. The van der Waals surface area contributed by atoms with Gasteiger partial charge >= 0.3 is 5.97 Å². The molecular formula is C27H36O3. The van der Waals surface area contributed by atoms with Crippen LogP contribution in [0, 0.1) is 6.92 Å². The topological polar surface area (TPSA) is 46.5 Å². The van der Waals surface area contributed by atoms with Crippen LogP contribution in [-0.2, 0) is 23.1 Å². The smallest absolute Gasteiger partial charge is 0.335 e. The molecule has 1 unspecified atom stereocenters. The van der Waals surface area contributed by atoms with E-state index in [-0.39, 0.29) is 11.3 Å². The van der Waals surface area contributed by atoms with Crippen molar-refractivity contribution in [2.24, 2.45) is 0 Å². The Labute approximate surface area is 181 Å². The first-order valence-electron chi connectivity index (χ1n) is 10.9. The molecule has 0 radical (unpaired) electrons. The number of phenolic OH excluding ortho intramolecular Hbond substituents is 1. The minimum absolute atomic E-state index is 0.138. The van der Waals surface area contributed by atoms with Gasteiger partial charge in [0.15, 0.2) is 0 Å². The number of aryl methyl sites for hydroxylation is 3. The van der Waals surface area contributed by atoms with Gasteiger partial charge in [0.1, 0.15) is 11.5 Å². The molecule has 3 heteroatoms. The van der Waals surface area contributed by atoms with Crippen LogP contribution in [0.25, 0.3) is 0 Å². The fourth-order valence-electron chi connectivity index (χ4n) is 3.77. The lowest BCUT2D eigenvalue weighted by molar-refractivity contribution is -0.129. The Hall–Kier alpha value is -2.55. The summed E-state index contributed by atoms with van der Waals surface area (Å²) in [5, 5.41) is 10.8. The lowest BCUT2D eigenvalue weighted by Gasteiger charge is -2.30. The van der Waals surface area contributed by atoms with E-state index in [1.807, 2.05) is 13.0 Å². The second-order valence-electron chi connectivity index (χ2n) is 8.70. The number of aromatic hydroxyl groups is 1. The zero-order valence-corrected chi connectivity index (χ0v) is 19.6. The molecule has 2 aromatic carbocycles. The molecule has 30 heavy (non-hydrogen) atoms. The highest BCUT2D eigenvalue weighted by atomic mass is 16.5. The molecule has 0 aliphatic rings. The van der Waals surface area contributed by atoms with Gasteiger partial charge in [0.2, 0.25) is 0 Å². The molecule has 0 amide bonds. The molecule has 0 saturated carbocycles. The average molecular weight is 409 g/mol. The molecule has 3 nitrogen and oxygen atoms in total. The highest BCUT2D eigenvalue weighted by Gasteiger charge is 2.29. The van der Waals surface area contributed by atoms with Gasteiger partial charge in [-0.15, -0.1) is 0 Å². The number of carbonyl (C=O) groups is 1. The maximum atomic E-state index is 12.2. The molecule has 0 fully saturated rings. The highest BCUT2D eigenvalue weighted by Crippen LogP contribution is 2.44. The van der Waals surface area contributed by atoms with E-state index in [2.05, 4.69) is 66.3 Å². The number of esters is 1. The van der Waals surface area contributed by atoms with Gasteiger partial charge in [-0.2, -0.15) is 0 Å². The van der Waals surface area contributed by atoms with Crippen molar-refractivity contribution in [3.05, 3.63) is 70.3 Å². The van der Waals surface area contributed by atoms with E-state index < -0.39 is 5.97 Å². The fraction of sp³-hybridized carbons (Fsp3) is 0.444. The fourth-order valence-corrected chi connectivity index (χ4v) is 3.77. The van der Waals surface area contributed by atoms with Crippen LogP contribution in [-0.4, -0.2) is 11.1 Å². The standard InChI is InChI=1S/C27H36O3/c1-9-19-13-17(5)25(29)21(14-19)18(6)22-15-20(10-2)16-23(27(7,8)12-4)26(22)30-24(28)11-3/h11,13-16,18,29H,3,9-10,12H2,1-2,4-8H3. The van der Waals surface area contributed by atoms with Crippen LogP contribution in [0.4, 0.5) is 0 Å². The first kappa shape index (κ1) is 23.7. The van der Waals surface area contributed by atoms with Crippen LogP contribution in [0.3, 0.4) is 0 Å². The third-order valence-electron chi connectivity index (χ3n) is 6.30.